The van der Waals surface area contributed by atoms with E-state index in [2.05, 4.69) is 22.1 Å². The lowest BCUT2D eigenvalue weighted by Gasteiger charge is -2.30. The number of nitrogens with zero attached hydrogens (tertiary/aromatic N) is 3. The smallest absolute Gasteiger partial charge is 0.318 e. The monoisotopic (exact) mass is 424 g/mol. The van der Waals surface area contributed by atoms with Gasteiger partial charge in [-0.1, -0.05) is 12.1 Å². The van der Waals surface area contributed by atoms with Gasteiger partial charge in [0.25, 0.3) is 5.91 Å². The van der Waals surface area contributed by atoms with E-state index in [1.54, 1.807) is 4.90 Å². The molecule has 8 heteroatoms. The first kappa shape index (κ1) is 21.1. The number of benzene rings is 1. The minimum atomic E-state index is -0.183. The molecule has 0 spiro atoms. The molecule has 0 unspecified atom stereocenters. The maximum atomic E-state index is 13.1. The van der Waals surface area contributed by atoms with Crippen LogP contribution in [0.2, 0.25) is 0 Å². The molecule has 4 rings (SSSR count). The average molecular weight is 425 g/mol. The fourth-order valence-electron chi connectivity index (χ4n) is 4.65. The van der Waals surface area contributed by atoms with Gasteiger partial charge in [-0.2, -0.15) is 9.97 Å². The van der Waals surface area contributed by atoms with Gasteiger partial charge in [0.15, 0.2) is 0 Å². The van der Waals surface area contributed by atoms with Crippen LogP contribution in [0.15, 0.2) is 24.3 Å². The van der Waals surface area contributed by atoms with Crippen molar-refractivity contribution in [1.29, 1.82) is 0 Å². The fourth-order valence-corrected chi connectivity index (χ4v) is 4.65. The molecular weight excluding hydrogens is 396 g/mol. The van der Waals surface area contributed by atoms with Crippen molar-refractivity contribution in [2.75, 3.05) is 31.4 Å². The molecule has 1 amide bonds. The van der Waals surface area contributed by atoms with Crippen LogP contribution in [-0.2, 0) is 16.0 Å². The molecule has 1 aromatic carbocycles. The lowest BCUT2D eigenvalue weighted by atomic mass is 9.77. The maximum Gasteiger partial charge on any atom is 0.318 e. The molecule has 1 aliphatic carbocycles. The predicted octanol–water partition coefficient (Wildman–Crippen LogP) is 3.11. The van der Waals surface area contributed by atoms with Crippen LogP contribution >= 0.6 is 0 Å². The summed E-state index contributed by atoms with van der Waals surface area (Å²) in [4.78, 5) is 34.6. The SMILES string of the molecule is COC(=O)CC1CCC(c2ccc(N3CCc4nc(OC)nc(N)c4C3=O)cc2)CC1. The molecule has 1 saturated carbocycles. The number of anilines is 2. The van der Waals surface area contributed by atoms with E-state index in [0.717, 1.165) is 31.4 Å². The van der Waals surface area contributed by atoms with Gasteiger partial charge in [-0.3, -0.25) is 9.59 Å². The number of nitrogen functional groups attached to an aromatic ring is 1. The molecule has 2 aliphatic rings. The number of carbonyl (C=O) groups excluding carboxylic acids is 2. The molecule has 1 fully saturated rings. The molecule has 31 heavy (non-hydrogen) atoms. The van der Waals surface area contributed by atoms with E-state index in [0.29, 0.717) is 42.5 Å². The zero-order valence-electron chi connectivity index (χ0n) is 18.0. The number of hydrogen-bond acceptors (Lipinski definition) is 7. The third-order valence-electron chi connectivity index (χ3n) is 6.41. The van der Waals surface area contributed by atoms with Crippen LogP contribution in [0.4, 0.5) is 11.5 Å². The van der Waals surface area contributed by atoms with Crippen LogP contribution in [-0.4, -0.2) is 42.6 Å². The molecule has 0 bridgehead atoms. The summed E-state index contributed by atoms with van der Waals surface area (Å²) in [5.41, 5.74) is 9.12. The van der Waals surface area contributed by atoms with E-state index in [4.69, 9.17) is 15.2 Å². The van der Waals surface area contributed by atoms with Gasteiger partial charge in [0.05, 0.1) is 19.9 Å². The Bertz CT molecular complexity index is 968. The Labute approximate surface area is 181 Å². The van der Waals surface area contributed by atoms with Gasteiger partial charge in [0.1, 0.15) is 11.4 Å². The Balaban J connectivity index is 1.43. The standard InChI is InChI=1S/C23H28N4O4/c1-30-19(28)13-14-3-5-15(6-4-14)16-7-9-17(10-8-16)27-12-11-18-20(22(27)29)21(24)26-23(25-18)31-2/h7-10,14-15H,3-6,11-13H2,1-2H3,(H2,24,25,26). The number of rotatable bonds is 5. The number of ether oxygens (including phenoxy) is 2. The third-order valence-corrected chi connectivity index (χ3v) is 6.41. The van der Waals surface area contributed by atoms with Gasteiger partial charge in [-0.25, -0.2) is 0 Å². The van der Waals surface area contributed by atoms with Crippen LogP contribution in [0.1, 0.15) is 59.6 Å². The topological polar surface area (TPSA) is 108 Å². The highest BCUT2D eigenvalue weighted by Crippen LogP contribution is 2.38. The normalized spacial score (nSPS) is 20.8. The van der Waals surface area contributed by atoms with Crippen molar-refractivity contribution in [2.45, 2.75) is 44.4 Å². The lowest BCUT2D eigenvalue weighted by molar-refractivity contribution is -0.142. The lowest BCUT2D eigenvalue weighted by Crippen LogP contribution is -2.39. The number of hydrogen-bond donors (Lipinski definition) is 1. The van der Waals surface area contributed by atoms with Crippen LogP contribution in [0.5, 0.6) is 6.01 Å². The first-order chi connectivity index (χ1) is 15.0. The van der Waals surface area contributed by atoms with Crippen molar-refractivity contribution in [1.82, 2.24) is 9.97 Å². The summed E-state index contributed by atoms with van der Waals surface area (Å²) in [6.45, 7) is 0.531. The Kier molecular flexibility index (Phi) is 6.06. The number of amides is 1. The van der Waals surface area contributed by atoms with Gasteiger partial charge >= 0.3 is 12.0 Å². The van der Waals surface area contributed by atoms with Crippen molar-refractivity contribution >= 4 is 23.4 Å². The molecule has 0 atom stereocenters. The Morgan fingerprint density at radius 1 is 1.13 bits per heavy atom. The van der Waals surface area contributed by atoms with E-state index in [-0.39, 0.29) is 23.7 Å². The highest BCUT2D eigenvalue weighted by atomic mass is 16.5. The van der Waals surface area contributed by atoms with E-state index >= 15 is 0 Å². The van der Waals surface area contributed by atoms with E-state index in [9.17, 15) is 9.59 Å². The van der Waals surface area contributed by atoms with Gasteiger partial charge < -0.3 is 20.1 Å². The minimum absolute atomic E-state index is 0.120. The third kappa shape index (κ3) is 4.33. The van der Waals surface area contributed by atoms with Crippen LogP contribution in [0, 0.1) is 5.92 Å². The molecular formula is C23H28N4O4. The van der Waals surface area contributed by atoms with Crippen molar-refractivity contribution < 1.29 is 19.1 Å². The maximum absolute atomic E-state index is 13.1. The number of methoxy groups -OCH3 is 2. The zero-order chi connectivity index (χ0) is 22.0. The number of esters is 1. The van der Waals surface area contributed by atoms with Crippen LogP contribution in [0.3, 0.4) is 0 Å². The quantitative estimate of drug-likeness (QED) is 0.735. The summed E-state index contributed by atoms with van der Waals surface area (Å²) in [6.07, 6.45) is 5.30. The number of fused-ring (bicyclic) bond motifs is 1. The minimum Gasteiger partial charge on any atom is -0.469 e. The summed E-state index contributed by atoms with van der Waals surface area (Å²) in [6, 6.07) is 8.40. The summed E-state index contributed by atoms with van der Waals surface area (Å²) < 4.78 is 9.85. The van der Waals surface area contributed by atoms with Gasteiger partial charge in [-0.05, 0) is 55.2 Å². The van der Waals surface area contributed by atoms with E-state index < -0.39 is 0 Å². The number of carbonyl (C=O) groups is 2. The predicted molar refractivity (Wildman–Crippen MR) is 116 cm³/mol. The van der Waals surface area contributed by atoms with Crippen molar-refractivity contribution in [3.05, 3.63) is 41.1 Å². The van der Waals surface area contributed by atoms with E-state index in [1.807, 2.05) is 12.1 Å². The molecule has 2 N–H and O–H groups in total. The van der Waals surface area contributed by atoms with Crippen LogP contribution < -0.4 is 15.4 Å². The summed E-state index contributed by atoms with van der Waals surface area (Å²) in [5.74, 6) is 0.747. The molecule has 1 aromatic heterocycles. The molecule has 0 saturated heterocycles. The van der Waals surface area contributed by atoms with Crippen molar-refractivity contribution in [2.24, 2.45) is 5.92 Å². The molecule has 2 heterocycles. The second kappa shape index (κ2) is 8.91. The average Bonchev–Trinajstić information content (AvgIpc) is 2.79. The van der Waals surface area contributed by atoms with Crippen molar-refractivity contribution in [3.63, 3.8) is 0 Å². The van der Waals surface area contributed by atoms with E-state index in [1.165, 1.54) is 19.8 Å². The number of nitrogens with two attached hydrogens (primary N) is 1. The Hall–Kier alpha value is -3.16. The summed E-state index contributed by atoms with van der Waals surface area (Å²) in [7, 11) is 2.92. The van der Waals surface area contributed by atoms with Gasteiger partial charge in [0.2, 0.25) is 0 Å². The first-order valence-electron chi connectivity index (χ1n) is 10.7. The van der Waals surface area contributed by atoms with Gasteiger partial charge in [0, 0.05) is 25.1 Å². The zero-order valence-corrected chi connectivity index (χ0v) is 18.0. The second-order valence-electron chi connectivity index (χ2n) is 8.21. The van der Waals surface area contributed by atoms with Crippen molar-refractivity contribution in [3.8, 4) is 6.01 Å². The Morgan fingerprint density at radius 2 is 1.84 bits per heavy atom. The highest BCUT2D eigenvalue weighted by molar-refractivity contribution is 6.10. The molecule has 8 nitrogen and oxygen atoms in total. The second-order valence-corrected chi connectivity index (χ2v) is 8.21. The molecule has 164 valence electrons. The summed E-state index contributed by atoms with van der Waals surface area (Å²) >= 11 is 0. The Morgan fingerprint density at radius 3 is 2.48 bits per heavy atom. The highest BCUT2D eigenvalue weighted by Gasteiger charge is 2.31. The first-order valence-corrected chi connectivity index (χ1v) is 10.7. The van der Waals surface area contributed by atoms with Crippen LogP contribution in [0.25, 0.3) is 0 Å². The van der Waals surface area contributed by atoms with Gasteiger partial charge in [-0.15, -0.1) is 0 Å². The molecule has 1 aliphatic heterocycles. The fraction of sp³-hybridized carbons (Fsp3) is 0.478. The molecule has 0 radical (unpaired) electrons. The summed E-state index contributed by atoms with van der Waals surface area (Å²) in [5, 5.41) is 0. The number of aromatic nitrogens is 2. The molecule has 2 aromatic rings. The largest absolute Gasteiger partial charge is 0.469 e.